The van der Waals surface area contributed by atoms with Gasteiger partial charge >= 0.3 is 0 Å². The van der Waals surface area contributed by atoms with Crippen LogP contribution in [-0.2, 0) is 4.79 Å². The fraction of sp³-hybridized carbons (Fsp3) is 0.462. The van der Waals surface area contributed by atoms with Crippen LogP contribution < -0.4 is 11.1 Å². The van der Waals surface area contributed by atoms with Crippen LogP contribution in [0, 0.1) is 6.92 Å². The van der Waals surface area contributed by atoms with E-state index in [1.54, 1.807) is 7.05 Å². The summed E-state index contributed by atoms with van der Waals surface area (Å²) in [5.41, 5.74) is 9.08. The first-order valence-corrected chi connectivity index (χ1v) is 5.55. The minimum Gasteiger partial charge on any atom is -0.358 e. The zero-order valence-corrected chi connectivity index (χ0v) is 10.4. The molecule has 88 valence electrons. The van der Waals surface area contributed by atoms with Gasteiger partial charge in [-0.2, -0.15) is 0 Å². The smallest absolute Gasteiger partial charge is 0.241 e. The molecule has 1 aromatic rings. The third-order valence-electron chi connectivity index (χ3n) is 2.83. The monoisotopic (exact) mass is 220 g/mol. The van der Waals surface area contributed by atoms with Crippen molar-refractivity contribution in [2.45, 2.75) is 32.7 Å². The van der Waals surface area contributed by atoms with E-state index in [0.717, 1.165) is 11.1 Å². The number of likely N-dealkylation sites (N-methyl/N-ethyl adjacent to an activating group) is 1. The fourth-order valence-electron chi connectivity index (χ4n) is 1.65. The number of nitrogens with two attached hydrogens (primary N) is 1. The molecular formula is C13H20N2O. The Morgan fingerprint density at radius 3 is 2.50 bits per heavy atom. The van der Waals surface area contributed by atoms with Gasteiger partial charge in [0.1, 0.15) is 6.04 Å². The molecule has 1 atom stereocenters. The van der Waals surface area contributed by atoms with Gasteiger partial charge in [0.2, 0.25) is 5.91 Å². The largest absolute Gasteiger partial charge is 0.358 e. The molecule has 3 nitrogen and oxygen atoms in total. The lowest BCUT2D eigenvalue weighted by Gasteiger charge is -2.16. The Morgan fingerprint density at radius 2 is 2.00 bits per heavy atom. The second-order valence-corrected chi connectivity index (χ2v) is 4.36. The second-order valence-electron chi connectivity index (χ2n) is 4.36. The van der Waals surface area contributed by atoms with E-state index < -0.39 is 6.04 Å². The van der Waals surface area contributed by atoms with Gasteiger partial charge in [-0.05, 0) is 29.5 Å². The SMILES string of the molecule is CNC(=O)C(N)c1cc(C(C)C)ccc1C. The first-order valence-electron chi connectivity index (χ1n) is 5.55. The van der Waals surface area contributed by atoms with Gasteiger partial charge in [-0.15, -0.1) is 0 Å². The maximum Gasteiger partial charge on any atom is 0.241 e. The zero-order chi connectivity index (χ0) is 12.3. The summed E-state index contributed by atoms with van der Waals surface area (Å²) in [6.07, 6.45) is 0. The van der Waals surface area contributed by atoms with Crippen molar-refractivity contribution in [3.8, 4) is 0 Å². The van der Waals surface area contributed by atoms with Gasteiger partial charge in [0.15, 0.2) is 0 Å². The second kappa shape index (κ2) is 5.12. The molecule has 0 aliphatic carbocycles. The number of aryl methyl sites for hydroxylation is 1. The van der Waals surface area contributed by atoms with E-state index in [0.29, 0.717) is 5.92 Å². The Kier molecular flexibility index (Phi) is 4.07. The zero-order valence-electron chi connectivity index (χ0n) is 10.4. The summed E-state index contributed by atoms with van der Waals surface area (Å²) in [6, 6.07) is 5.55. The van der Waals surface area contributed by atoms with Crippen LogP contribution in [0.15, 0.2) is 18.2 Å². The molecule has 0 fully saturated rings. The van der Waals surface area contributed by atoms with Crippen molar-refractivity contribution in [2.24, 2.45) is 5.73 Å². The highest BCUT2D eigenvalue weighted by molar-refractivity contribution is 5.83. The molecule has 1 amide bonds. The highest BCUT2D eigenvalue weighted by Crippen LogP contribution is 2.22. The molecule has 0 saturated carbocycles. The van der Waals surface area contributed by atoms with Crippen LogP contribution in [0.4, 0.5) is 0 Å². The van der Waals surface area contributed by atoms with Gasteiger partial charge in [-0.3, -0.25) is 4.79 Å². The third kappa shape index (κ3) is 2.61. The molecule has 16 heavy (non-hydrogen) atoms. The van der Waals surface area contributed by atoms with Crippen LogP contribution in [0.5, 0.6) is 0 Å². The van der Waals surface area contributed by atoms with Crippen molar-refractivity contribution in [2.75, 3.05) is 7.05 Å². The maximum atomic E-state index is 11.5. The predicted octanol–water partition coefficient (Wildman–Crippen LogP) is 1.86. The molecular weight excluding hydrogens is 200 g/mol. The number of carbonyl (C=O) groups excluding carboxylic acids is 1. The summed E-state index contributed by atoms with van der Waals surface area (Å²) in [4.78, 5) is 11.5. The van der Waals surface area contributed by atoms with Crippen molar-refractivity contribution in [3.63, 3.8) is 0 Å². The van der Waals surface area contributed by atoms with Gasteiger partial charge in [0.05, 0.1) is 0 Å². The summed E-state index contributed by atoms with van der Waals surface area (Å²) in [5.74, 6) is 0.292. The fourth-order valence-corrected chi connectivity index (χ4v) is 1.65. The average Bonchev–Trinajstić information content (AvgIpc) is 2.27. The first kappa shape index (κ1) is 12.7. The average molecular weight is 220 g/mol. The van der Waals surface area contributed by atoms with Gasteiger partial charge in [0.25, 0.3) is 0 Å². The van der Waals surface area contributed by atoms with Gasteiger partial charge < -0.3 is 11.1 Å². The number of amides is 1. The van der Waals surface area contributed by atoms with Crippen LogP contribution in [-0.4, -0.2) is 13.0 Å². The van der Waals surface area contributed by atoms with Crippen molar-refractivity contribution in [1.29, 1.82) is 0 Å². The van der Waals surface area contributed by atoms with Crippen molar-refractivity contribution in [1.82, 2.24) is 5.32 Å². The number of hydrogen-bond acceptors (Lipinski definition) is 2. The van der Waals surface area contributed by atoms with Crippen LogP contribution in [0.3, 0.4) is 0 Å². The Balaban J connectivity index is 3.11. The van der Waals surface area contributed by atoms with Gasteiger partial charge in [0, 0.05) is 7.05 Å². The topological polar surface area (TPSA) is 55.1 Å². The van der Waals surface area contributed by atoms with E-state index in [2.05, 4.69) is 25.2 Å². The number of rotatable bonds is 3. The molecule has 0 aliphatic rings. The first-order chi connectivity index (χ1) is 7.47. The Morgan fingerprint density at radius 1 is 1.38 bits per heavy atom. The predicted molar refractivity (Wildman–Crippen MR) is 66.3 cm³/mol. The van der Waals surface area contributed by atoms with E-state index >= 15 is 0 Å². The van der Waals surface area contributed by atoms with Gasteiger partial charge in [-0.1, -0.05) is 32.0 Å². The van der Waals surface area contributed by atoms with Crippen molar-refractivity contribution >= 4 is 5.91 Å². The van der Waals surface area contributed by atoms with Crippen LogP contribution in [0.1, 0.15) is 42.5 Å². The molecule has 0 saturated heterocycles. The molecule has 1 rings (SSSR count). The molecule has 0 radical (unpaired) electrons. The summed E-state index contributed by atoms with van der Waals surface area (Å²) in [6.45, 7) is 6.22. The molecule has 1 unspecified atom stereocenters. The Labute approximate surface area is 97.0 Å². The van der Waals surface area contributed by atoms with Crippen molar-refractivity contribution in [3.05, 3.63) is 34.9 Å². The molecule has 1 aromatic carbocycles. The number of hydrogen-bond donors (Lipinski definition) is 2. The van der Waals surface area contributed by atoms with E-state index in [1.165, 1.54) is 5.56 Å². The maximum absolute atomic E-state index is 11.5. The summed E-state index contributed by atoms with van der Waals surface area (Å²) >= 11 is 0. The molecule has 0 spiro atoms. The quantitative estimate of drug-likeness (QED) is 0.817. The number of nitrogens with one attached hydrogen (secondary N) is 1. The number of carbonyl (C=O) groups is 1. The lowest BCUT2D eigenvalue weighted by Crippen LogP contribution is -2.31. The lowest BCUT2D eigenvalue weighted by molar-refractivity contribution is -0.122. The minimum absolute atomic E-state index is 0.149. The highest BCUT2D eigenvalue weighted by Gasteiger charge is 2.17. The molecule has 3 heteroatoms. The summed E-state index contributed by atoms with van der Waals surface area (Å²) in [5, 5.41) is 2.58. The van der Waals surface area contributed by atoms with Gasteiger partial charge in [-0.25, -0.2) is 0 Å². The Bertz CT molecular complexity index is 386. The minimum atomic E-state index is -0.580. The standard InChI is InChI=1S/C13H20N2O/c1-8(2)10-6-5-9(3)11(7-10)12(14)13(16)15-4/h5-8,12H,14H2,1-4H3,(H,15,16). The van der Waals surface area contributed by atoms with E-state index in [1.807, 2.05) is 19.1 Å². The molecule has 0 bridgehead atoms. The van der Waals surface area contributed by atoms with E-state index in [9.17, 15) is 4.79 Å². The lowest BCUT2D eigenvalue weighted by atomic mass is 9.94. The normalized spacial score (nSPS) is 12.6. The molecule has 0 aliphatic heterocycles. The summed E-state index contributed by atoms with van der Waals surface area (Å²) in [7, 11) is 1.60. The van der Waals surface area contributed by atoms with Crippen LogP contribution in [0.25, 0.3) is 0 Å². The van der Waals surface area contributed by atoms with E-state index in [4.69, 9.17) is 5.73 Å². The molecule has 0 heterocycles. The van der Waals surface area contributed by atoms with Crippen LogP contribution >= 0.6 is 0 Å². The van der Waals surface area contributed by atoms with Crippen LogP contribution in [0.2, 0.25) is 0 Å². The third-order valence-corrected chi connectivity index (χ3v) is 2.83. The molecule has 0 aromatic heterocycles. The van der Waals surface area contributed by atoms with E-state index in [-0.39, 0.29) is 5.91 Å². The summed E-state index contributed by atoms with van der Waals surface area (Å²) < 4.78 is 0. The van der Waals surface area contributed by atoms with Crippen molar-refractivity contribution < 1.29 is 4.79 Å². The molecule has 3 N–H and O–H groups in total. The highest BCUT2D eigenvalue weighted by atomic mass is 16.2. The Hall–Kier alpha value is -1.35. The number of benzene rings is 1.